The van der Waals surface area contributed by atoms with Gasteiger partial charge in [-0.25, -0.2) is 9.97 Å². The van der Waals surface area contributed by atoms with Crippen LogP contribution in [0.2, 0.25) is 0 Å². The summed E-state index contributed by atoms with van der Waals surface area (Å²) >= 11 is 0. The summed E-state index contributed by atoms with van der Waals surface area (Å²) in [5.41, 5.74) is 6.93. The number of hydrogen-bond acceptors (Lipinski definition) is 4. The molecule has 0 saturated carbocycles. The minimum atomic E-state index is -0.107. The number of aromatic nitrogens is 3. The molecule has 2 rings (SSSR count). The molecule has 20 heavy (non-hydrogen) atoms. The molecule has 2 aromatic heterocycles. The van der Waals surface area contributed by atoms with Crippen LogP contribution < -0.4 is 11.1 Å². The van der Waals surface area contributed by atoms with E-state index >= 15 is 0 Å². The van der Waals surface area contributed by atoms with Crippen LogP contribution in [-0.2, 0) is 6.54 Å². The molecule has 0 aliphatic heterocycles. The van der Waals surface area contributed by atoms with Crippen molar-refractivity contribution in [3.63, 3.8) is 0 Å². The fourth-order valence-electron chi connectivity index (χ4n) is 1.97. The molecular weight excluding hydrogens is 254 g/mol. The predicted octanol–water partition coefficient (Wildman–Crippen LogP) is 1.38. The van der Waals surface area contributed by atoms with Crippen molar-refractivity contribution in [2.45, 2.75) is 26.3 Å². The Bertz CT molecular complexity index is 545. The number of pyridine rings is 1. The second kappa shape index (κ2) is 6.70. The average Bonchev–Trinajstić information content (AvgIpc) is 2.90. The Morgan fingerprint density at radius 1 is 1.40 bits per heavy atom. The lowest BCUT2D eigenvalue weighted by Crippen LogP contribution is -2.25. The molecule has 0 aliphatic rings. The number of nitrogens with zero attached hydrogens (tertiary/aromatic N) is 3. The molecular formula is C14H19N5O. The summed E-state index contributed by atoms with van der Waals surface area (Å²) in [5.74, 6) is 0.264. The van der Waals surface area contributed by atoms with Crippen molar-refractivity contribution in [1.82, 2.24) is 19.9 Å². The van der Waals surface area contributed by atoms with Crippen molar-refractivity contribution in [3.05, 3.63) is 42.1 Å². The largest absolute Gasteiger partial charge is 0.384 e. The number of amides is 1. The van der Waals surface area contributed by atoms with Crippen molar-refractivity contribution < 1.29 is 4.79 Å². The van der Waals surface area contributed by atoms with E-state index in [4.69, 9.17) is 5.73 Å². The Balaban J connectivity index is 1.72. The minimum Gasteiger partial charge on any atom is -0.384 e. The van der Waals surface area contributed by atoms with Gasteiger partial charge < -0.3 is 15.6 Å². The van der Waals surface area contributed by atoms with Crippen LogP contribution in [0.3, 0.4) is 0 Å². The number of nitrogen functional groups attached to an aromatic ring is 1. The zero-order valence-electron chi connectivity index (χ0n) is 11.5. The van der Waals surface area contributed by atoms with Gasteiger partial charge in [0.2, 0.25) is 0 Å². The number of nitrogens with one attached hydrogen (secondary N) is 1. The molecule has 0 spiro atoms. The van der Waals surface area contributed by atoms with E-state index in [-0.39, 0.29) is 5.91 Å². The molecule has 0 atom stereocenters. The fourth-order valence-corrected chi connectivity index (χ4v) is 1.97. The number of unbranched alkanes of at least 4 members (excludes halogenated alkanes) is 1. The van der Waals surface area contributed by atoms with Crippen LogP contribution in [0.15, 0.2) is 30.9 Å². The van der Waals surface area contributed by atoms with Crippen LogP contribution in [0.5, 0.6) is 0 Å². The van der Waals surface area contributed by atoms with Gasteiger partial charge in [0.05, 0.1) is 6.33 Å². The van der Waals surface area contributed by atoms with Gasteiger partial charge in [0, 0.05) is 36.7 Å². The summed E-state index contributed by atoms with van der Waals surface area (Å²) in [6.45, 7) is 3.38. The number of carbonyl (C=O) groups excluding carboxylic acids is 1. The van der Waals surface area contributed by atoms with E-state index in [1.54, 1.807) is 24.7 Å². The molecule has 0 radical (unpaired) electrons. The van der Waals surface area contributed by atoms with E-state index in [0.717, 1.165) is 25.1 Å². The van der Waals surface area contributed by atoms with E-state index in [1.165, 1.54) is 0 Å². The first-order valence-corrected chi connectivity index (χ1v) is 6.63. The summed E-state index contributed by atoms with van der Waals surface area (Å²) in [7, 11) is 0. The van der Waals surface area contributed by atoms with E-state index in [9.17, 15) is 4.79 Å². The maximum atomic E-state index is 11.9. The summed E-state index contributed by atoms with van der Waals surface area (Å²) in [5, 5.41) is 2.89. The lowest BCUT2D eigenvalue weighted by molar-refractivity contribution is 0.0952. The topological polar surface area (TPSA) is 85.8 Å². The Morgan fingerprint density at radius 3 is 2.95 bits per heavy atom. The molecule has 0 bridgehead atoms. The molecule has 2 heterocycles. The van der Waals surface area contributed by atoms with Gasteiger partial charge in [-0.1, -0.05) is 0 Å². The standard InChI is InChI=1S/C14H19N5O/c1-11-8-12(9-13(15)18-11)14(20)17-4-2-3-6-19-7-5-16-10-19/h5,7-10H,2-4,6H2,1H3,(H2,15,18)(H,17,20). The lowest BCUT2D eigenvalue weighted by atomic mass is 10.2. The second-order valence-corrected chi connectivity index (χ2v) is 4.69. The molecule has 2 aromatic rings. The maximum Gasteiger partial charge on any atom is 0.251 e. The molecule has 0 unspecified atom stereocenters. The van der Waals surface area contributed by atoms with Crippen molar-refractivity contribution in [1.29, 1.82) is 0 Å². The van der Waals surface area contributed by atoms with Gasteiger partial charge in [0.25, 0.3) is 5.91 Å². The Hall–Kier alpha value is -2.37. The van der Waals surface area contributed by atoms with Crippen molar-refractivity contribution in [2.24, 2.45) is 0 Å². The molecule has 0 saturated heterocycles. The second-order valence-electron chi connectivity index (χ2n) is 4.69. The Kier molecular flexibility index (Phi) is 4.70. The fraction of sp³-hybridized carbons (Fsp3) is 0.357. The average molecular weight is 273 g/mol. The minimum absolute atomic E-state index is 0.107. The quantitative estimate of drug-likeness (QED) is 0.778. The third-order valence-electron chi connectivity index (χ3n) is 2.92. The van der Waals surface area contributed by atoms with Crippen LogP contribution in [0.1, 0.15) is 28.9 Å². The van der Waals surface area contributed by atoms with E-state index < -0.39 is 0 Å². The molecule has 0 aromatic carbocycles. The summed E-state index contributed by atoms with van der Waals surface area (Å²) < 4.78 is 2.02. The van der Waals surface area contributed by atoms with Crippen molar-refractivity contribution in [2.75, 3.05) is 12.3 Å². The lowest BCUT2D eigenvalue weighted by Gasteiger charge is -2.07. The van der Waals surface area contributed by atoms with Gasteiger partial charge in [0.1, 0.15) is 5.82 Å². The monoisotopic (exact) mass is 273 g/mol. The molecule has 0 aliphatic carbocycles. The molecule has 106 valence electrons. The highest BCUT2D eigenvalue weighted by Crippen LogP contribution is 2.06. The highest BCUT2D eigenvalue weighted by molar-refractivity contribution is 5.94. The number of hydrogen-bond donors (Lipinski definition) is 2. The van der Waals surface area contributed by atoms with Gasteiger partial charge in [-0.2, -0.15) is 0 Å². The van der Waals surface area contributed by atoms with Crippen LogP contribution in [0.4, 0.5) is 5.82 Å². The van der Waals surface area contributed by atoms with Gasteiger partial charge in [0.15, 0.2) is 0 Å². The number of aryl methyl sites for hydroxylation is 2. The van der Waals surface area contributed by atoms with Crippen LogP contribution in [0, 0.1) is 6.92 Å². The number of nitrogens with two attached hydrogens (primary N) is 1. The molecule has 6 heteroatoms. The molecule has 3 N–H and O–H groups in total. The van der Waals surface area contributed by atoms with Crippen LogP contribution in [-0.4, -0.2) is 27.0 Å². The highest BCUT2D eigenvalue weighted by atomic mass is 16.1. The molecule has 1 amide bonds. The number of imidazole rings is 1. The van der Waals surface area contributed by atoms with E-state index in [0.29, 0.717) is 17.9 Å². The van der Waals surface area contributed by atoms with E-state index in [2.05, 4.69) is 15.3 Å². The van der Waals surface area contributed by atoms with Crippen LogP contribution in [0.25, 0.3) is 0 Å². The first-order valence-electron chi connectivity index (χ1n) is 6.63. The summed E-state index contributed by atoms with van der Waals surface area (Å²) in [6, 6.07) is 3.32. The number of anilines is 1. The van der Waals surface area contributed by atoms with Crippen LogP contribution >= 0.6 is 0 Å². The number of rotatable bonds is 6. The van der Waals surface area contributed by atoms with Crippen molar-refractivity contribution in [3.8, 4) is 0 Å². The van der Waals surface area contributed by atoms with Gasteiger partial charge in [-0.15, -0.1) is 0 Å². The first-order chi connectivity index (χ1) is 9.65. The third kappa shape index (κ3) is 4.08. The zero-order valence-corrected chi connectivity index (χ0v) is 11.5. The SMILES string of the molecule is Cc1cc(C(=O)NCCCCn2ccnc2)cc(N)n1. The van der Waals surface area contributed by atoms with Gasteiger partial charge in [-0.3, -0.25) is 4.79 Å². The third-order valence-corrected chi connectivity index (χ3v) is 2.92. The smallest absolute Gasteiger partial charge is 0.251 e. The normalized spacial score (nSPS) is 10.4. The highest BCUT2D eigenvalue weighted by Gasteiger charge is 2.06. The molecule has 0 fully saturated rings. The predicted molar refractivity (Wildman–Crippen MR) is 77.2 cm³/mol. The van der Waals surface area contributed by atoms with E-state index in [1.807, 2.05) is 17.7 Å². The van der Waals surface area contributed by atoms with Crippen molar-refractivity contribution >= 4 is 11.7 Å². The maximum absolute atomic E-state index is 11.9. The Morgan fingerprint density at radius 2 is 2.25 bits per heavy atom. The number of carbonyl (C=O) groups is 1. The zero-order chi connectivity index (χ0) is 14.4. The van der Waals surface area contributed by atoms with Gasteiger partial charge in [-0.05, 0) is 31.9 Å². The summed E-state index contributed by atoms with van der Waals surface area (Å²) in [6.07, 6.45) is 7.40. The first kappa shape index (κ1) is 14.0. The summed E-state index contributed by atoms with van der Waals surface area (Å²) in [4.78, 5) is 20.0. The van der Waals surface area contributed by atoms with Gasteiger partial charge >= 0.3 is 0 Å². The Labute approximate surface area is 118 Å². The molecule has 6 nitrogen and oxygen atoms in total.